The molecule has 0 saturated carbocycles. The molecular weight excluding hydrogens is 375 g/mol. The molecule has 3 rings (SSSR count). The van der Waals surface area contributed by atoms with Crippen molar-refractivity contribution >= 4 is 34.1 Å². The van der Waals surface area contributed by atoms with E-state index < -0.39 is 0 Å². The molecule has 0 aliphatic heterocycles. The summed E-state index contributed by atoms with van der Waals surface area (Å²) in [5.41, 5.74) is 0.594. The second-order valence-electron chi connectivity index (χ2n) is 5.29. The highest BCUT2D eigenvalue weighted by atomic mass is 32.2. The quantitative estimate of drug-likeness (QED) is 0.544. The molecule has 0 fully saturated rings. The van der Waals surface area contributed by atoms with Gasteiger partial charge in [0, 0.05) is 6.54 Å². The summed E-state index contributed by atoms with van der Waals surface area (Å²) in [6, 6.07) is 10.3. The van der Waals surface area contributed by atoms with E-state index in [1.165, 1.54) is 29.2 Å². The van der Waals surface area contributed by atoms with E-state index in [1.54, 1.807) is 24.5 Å². The summed E-state index contributed by atoms with van der Waals surface area (Å²) in [5.74, 6) is 0.680. The maximum atomic E-state index is 13.5. The lowest BCUT2D eigenvalue weighted by Crippen LogP contribution is -2.27. The number of amides is 1. The number of carbonyl (C=O) groups is 1. The minimum atomic E-state index is -0.250. The second kappa shape index (κ2) is 9.35. The number of aromatic nitrogens is 2. The minimum absolute atomic E-state index is 0.119. The van der Waals surface area contributed by atoms with Crippen molar-refractivity contribution in [3.8, 4) is 0 Å². The summed E-state index contributed by atoms with van der Waals surface area (Å²) in [7, 11) is 0. The molecule has 26 heavy (non-hydrogen) atoms. The normalized spacial score (nSPS) is 10.7. The van der Waals surface area contributed by atoms with Gasteiger partial charge in [0.15, 0.2) is 4.34 Å². The highest BCUT2D eigenvalue weighted by Gasteiger charge is 2.09. The van der Waals surface area contributed by atoms with Crippen LogP contribution in [0.1, 0.15) is 11.3 Å². The highest BCUT2D eigenvalue weighted by Crippen LogP contribution is 2.25. The summed E-state index contributed by atoms with van der Waals surface area (Å²) in [4.78, 5) is 11.9. The van der Waals surface area contributed by atoms with Crippen LogP contribution in [0.5, 0.6) is 0 Å². The third kappa shape index (κ3) is 5.57. The molecule has 0 atom stereocenters. The van der Waals surface area contributed by atoms with Crippen molar-refractivity contribution in [2.24, 2.45) is 0 Å². The van der Waals surface area contributed by atoms with Crippen LogP contribution in [0, 0.1) is 5.82 Å². The summed E-state index contributed by atoms with van der Waals surface area (Å²) >= 11 is 2.70. The number of halogens is 1. The second-order valence-corrected chi connectivity index (χ2v) is 7.49. The number of carbonyl (C=O) groups excluding carboxylic acids is 1. The monoisotopic (exact) mass is 392 g/mol. The van der Waals surface area contributed by atoms with Crippen LogP contribution in [0.25, 0.3) is 0 Å². The summed E-state index contributed by atoms with van der Waals surface area (Å²) in [6.07, 6.45) is 2.08. The van der Waals surface area contributed by atoms with Crippen LogP contribution >= 0.6 is 23.1 Å². The van der Waals surface area contributed by atoms with Gasteiger partial charge >= 0.3 is 0 Å². The molecule has 9 heteroatoms. The summed E-state index contributed by atoms with van der Waals surface area (Å²) < 4.78 is 19.4. The third-order valence-electron chi connectivity index (χ3n) is 3.40. The van der Waals surface area contributed by atoms with Crippen LogP contribution in [0.3, 0.4) is 0 Å². The number of nitrogens with one attached hydrogen (secondary N) is 2. The molecule has 3 aromatic rings. The molecule has 1 aromatic carbocycles. The fraction of sp³-hybridized carbons (Fsp3) is 0.235. The zero-order chi connectivity index (χ0) is 18.2. The van der Waals surface area contributed by atoms with Crippen molar-refractivity contribution in [1.29, 1.82) is 0 Å². The van der Waals surface area contributed by atoms with Crippen molar-refractivity contribution < 1.29 is 13.6 Å². The number of rotatable bonds is 9. The number of anilines is 1. The lowest BCUT2D eigenvalue weighted by Gasteiger charge is -2.05. The first-order valence-electron chi connectivity index (χ1n) is 7.93. The van der Waals surface area contributed by atoms with Gasteiger partial charge < -0.3 is 15.1 Å². The Morgan fingerprint density at radius 1 is 1.23 bits per heavy atom. The molecule has 0 aliphatic carbocycles. The number of hydrogen-bond donors (Lipinski definition) is 2. The largest absolute Gasteiger partial charge is 0.467 e. The van der Waals surface area contributed by atoms with Gasteiger partial charge in [-0.1, -0.05) is 41.3 Å². The topological polar surface area (TPSA) is 80.1 Å². The Morgan fingerprint density at radius 3 is 2.92 bits per heavy atom. The molecule has 0 radical (unpaired) electrons. The standard InChI is InChI=1S/C17H17FN4O2S2/c18-14-6-2-1-4-12(14)7-8-19-15(23)11-25-17-22-21-16(26-17)20-10-13-5-3-9-24-13/h1-6,9H,7-8,10-11H2,(H,19,23)(H,20,21). The third-order valence-corrected chi connectivity index (χ3v) is 5.42. The van der Waals surface area contributed by atoms with E-state index in [0.29, 0.717) is 34.5 Å². The van der Waals surface area contributed by atoms with Gasteiger partial charge in [-0.3, -0.25) is 4.79 Å². The van der Waals surface area contributed by atoms with Gasteiger partial charge in [-0.15, -0.1) is 10.2 Å². The molecule has 0 unspecified atom stereocenters. The Balaban J connectivity index is 1.36. The Morgan fingerprint density at radius 2 is 2.12 bits per heavy atom. The van der Waals surface area contributed by atoms with E-state index in [0.717, 1.165) is 5.76 Å². The van der Waals surface area contributed by atoms with E-state index in [9.17, 15) is 9.18 Å². The van der Waals surface area contributed by atoms with Crippen molar-refractivity contribution in [2.75, 3.05) is 17.6 Å². The van der Waals surface area contributed by atoms with Crippen molar-refractivity contribution in [2.45, 2.75) is 17.3 Å². The smallest absolute Gasteiger partial charge is 0.230 e. The van der Waals surface area contributed by atoms with Crippen LogP contribution in [0.15, 0.2) is 51.4 Å². The first-order valence-corrected chi connectivity index (χ1v) is 9.73. The fourth-order valence-electron chi connectivity index (χ4n) is 2.13. The van der Waals surface area contributed by atoms with E-state index >= 15 is 0 Å². The summed E-state index contributed by atoms with van der Waals surface area (Å²) in [5, 5.41) is 14.6. The Hall–Kier alpha value is -2.39. The molecule has 0 saturated heterocycles. The molecule has 0 aliphatic rings. The molecule has 0 spiro atoms. The first kappa shape index (κ1) is 18.4. The SMILES string of the molecule is O=C(CSc1nnc(NCc2ccco2)s1)NCCc1ccccc1F. The molecule has 2 aromatic heterocycles. The molecule has 2 heterocycles. The van der Waals surface area contributed by atoms with Crippen LogP contribution in [-0.2, 0) is 17.8 Å². The lowest BCUT2D eigenvalue weighted by atomic mass is 10.1. The van der Waals surface area contributed by atoms with E-state index in [1.807, 2.05) is 12.1 Å². The van der Waals surface area contributed by atoms with Gasteiger partial charge in [0.2, 0.25) is 11.0 Å². The molecule has 136 valence electrons. The zero-order valence-corrected chi connectivity index (χ0v) is 15.4. The van der Waals surface area contributed by atoms with Gasteiger partial charge in [0.25, 0.3) is 0 Å². The fourth-order valence-corrected chi connectivity index (χ4v) is 3.71. The van der Waals surface area contributed by atoms with E-state index in [4.69, 9.17) is 4.42 Å². The Kier molecular flexibility index (Phi) is 6.62. The van der Waals surface area contributed by atoms with Crippen molar-refractivity contribution in [1.82, 2.24) is 15.5 Å². The number of hydrogen-bond acceptors (Lipinski definition) is 7. The number of furan rings is 1. The minimum Gasteiger partial charge on any atom is -0.467 e. The molecule has 2 N–H and O–H groups in total. The van der Waals surface area contributed by atoms with E-state index in [-0.39, 0.29) is 17.5 Å². The Bertz CT molecular complexity index is 839. The van der Waals surface area contributed by atoms with Gasteiger partial charge in [0.1, 0.15) is 11.6 Å². The zero-order valence-electron chi connectivity index (χ0n) is 13.8. The van der Waals surface area contributed by atoms with Gasteiger partial charge in [0.05, 0.1) is 18.6 Å². The van der Waals surface area contributed by atoms with Crippen molar-refractivity contribution in [3.05, 3.63) is 59.8 Å². The van der Waals surface area contributed by atoms with Crippen LogP contribution in [0.2, 0.25) is 0 Å². The van der Waals surface area contributed by atoms with Gasteiger partial charge in [-0.2, -0.15) is 0 Å². The predicted molar refractivity (Wildman–Crippen MR) is 99.8 cm³/mol. The molecule has 1 amide bonds. The average molecular weight is 392 g/mol. The van der Waals surface area contributed by atoms with Crippen LogP contribution in [-0.4, -0.2) is 28.4 Å². The maximum absolute atomic E-state index is 13.5. The number of benzene rings is 1. The highest BCUT2D eigenvalue weighted by molar-refractivity contribution is 8.01. The van der Waals surface area contributed by atoms with Crippen molar-refractivity contribution in [3.63, 3.8) is 0 Å². The Labute approximate surface area is 158 Å². The van der Waals surface area contributed by atoms with Gasteiger partial charge in [-0.05, 0) is 30.2 Å². The maximum Gasteiger partial charge on any atom is 0.230 e. The average Bonchev–Trinajstić information content (AvgIpc) is 3.31. The van der Waals surface area contributed by atoms with Crippen LogP contribution in [0.4, 0.5) is 9.52 Å². The lowest BCUT2D eigenvalue weighted by molar-refractivity contribution is -0.118. The van der Waals surface area contributed by atoms with E-state index in [2.05, 4.69) is 20.8 Å². The van der Waals surface area contributed by atoms with Gasteiger partial charge in [-0.25, -0.2) is 4.39 Å². The summed E-state index contributed by atoms with van der Waals surface area (Å²) in [6.45, 7) is 0.926. The predicted octanol–water partition coefficient (Wildman–Crippen LogP) is 3.33. The number of nitrogens with zero attached hydrogens (tertiary/aromatic N) is 2. The number of thioether (sulfide) groups is 1. The molecule has 6 nitrogen and oxygen atoms in total. The molecule has 0 bridgehead atoms. The van der Waals surface area contributed by atoms with Crippen LogP contribution < -0.4 is 10.6 Å². The molecular formula is C17H17FN4O2S2. The first-order chi connectivity index (χ1) is 12.7.